The van der Waals surface area contributed by atoms with E-state index in [4.69, 9.17) is 5.26 Å². The molecule has 0 N–H and O–H groups in total. The minimum Gasteiger partial charge on any atom is -0.299 e. The molecule has 0 bridgehead atoms. The zero-order chi connectivity index (χ0) is 13.0. The van der Waals surface area contributed by atoms with Gasteiger partial charge >= 0.3 is 0 Å². The van der Waals surface area contributed by atoms with Crippen molar-refractivity contribution < 1.29 is 4.39 Å². The number of nitrogens with zero attached hydrogens (tertiary/aromatic N) is 2. The molecule has 3 heteroatoms. The highest BCUT2D eigenvalue weighted by Gasteiger charge is 2.18. The smallest absolute Gasteiger partial charge is 0.129 e. The number of piperidine rings is 1. The Morgan fingerprint density at radius 2 is 2.11 bits per heavy atom. The van der Waals surface area contributed by atoms with Gasteiger partial charge in [0, 0.05) is 12.1 Å². The molecule has 1 aliphatic heterocycles. The Balaban J connectivity index is 1.96. The van der Waals surface area contributed by atoms with Crippen molar-refractivity contribution >= 4 is 0 Å². The molecule has 0 radical (unpaired) electrons. The molecule has 2 rings (SSSR count). The highest BCUT2D eigenvalue weighted by atomic mass is 19.1. The van der Waals surface area contributed by atoms with E-state index in [9.17, 15) is 4.39 Å². The van der Waals surface area contributed by atoms with Gasteiger partial charge in [-0.15, -0.1) is 0 Å². The fraction of sp³-hybridized carbons (Fsp3) is 0.533. The van der Waals surface area contributed by atoms with E-state index in [1.807, 2.05) is 6.07 Å². The van der Waals surface area contributed by atoms with Crippen molar-refractivity contribution in [1.82, 2.24) is 4.90 Å². The molecule has 0 spiro atoms. The molecule has 0 atom stereocenters. The summed E-state index contributed by atoms with van der Waals surface area (Å²) in [5.41, 5.74) is 1.09. The van der Waals surface area contributed by atoms with Gasteiger partial charge in [-0.05, 0) is 44.0 Å². The van der Waals surface area contributed by atoms with Crippen LogP contribution in [0.5, 0.6) is 0 Å². The third-order valence-electron chi connectivity index (χ3n) is 3.86. The van der Waals surface area contributed by atoms with E-state index in [1.165, 1.54) is 25.3 Å². The van der Waals surface area contributed by atoms with Gasteiger partial charge in [-0.1, -0.05) is 19.4 Å². The van der Waals surface area contributed by atoms with Gasteiger partial charge in [-0.3, -0.25) is 4.90 Å². The monoisotopic (exact) mass is 246 g/mol. The van der Waals surface area contributed by atoms with E-state index in [2.05, 4.69) is 11.8 Å². The molecule has 96 valence electrons. The number of benzene rings is 1. The molecule has 1 heterocycles. The first-order chi connectivity index (χ1) is 8.72. The minimum atomic E-state index is -0.258. The molecule has 1 saturated heterocycles. The Kier molecular flexibility index (Phi) is 4.33. The van der Waals surface area contributed by atoms with E-state index in [0.29, 0.717) is 17.7 Å². The first kappa shape index (κ1) is 13.0. The summed E-state index contributed by atoms with van der Waals surface area (Å²) in [4.78, 5) is 2.30. The Morgan fingerprint density at radius 3 is 2.67 bits per heavy atom. The number of nitriles is 1. The van der Waals surface area contributed by atoms with E-state index >= 15 is 0 Å². The van der Waals surface area contributed by atoms with Crippen molar-refractivity contribution in [2.75, 3.05) is 13.1 Å². The SMILES string of the molecule is CCC1CCN(Cc2ccc(C#N)cc2F)CC1. The lowest BCUT2D eigenvalue weighted by atomic mass is 9.94. The van der Waals surface area contributed by atoms with Gasteiger partial charge in [0.2, 0.25) is 0 Å². The maximum absolute atomic E-state index is 13.8. The second-order valence-electron chi connectivity index (χ2n) is 5.05. The van der Waals surface area contributed by atoms with Crippen molar-refractivity contribution in [2.45, 2.75) is 32.7 Å². The molecular formula is C15H19FN2. The molecule has 1 aromatic carbocycles. The molecule has 2 nitrogen and oxygen atoms in total. The quantitative estimate of drug-likeness (QED) is 0.818. The lowest BCUT2D eigenvalue weighted by Gasteiger charge is -2.31. The van der Waals surface area contributed by atoms with Crippen LogP contribution in [0.4, 0.5) is 4.39 Å². The van der Waals surface area contributed by atoms with Gasteiger partial charge in [0.05, 0.1) is 11.6 Å². The molecular weight excluding hydrogens is 227 g/mol. The van der Waals surface area contributed by atoms with Crippen LogP contribution in [0, 0.1) is 23.1 Å². The molecule has 0 aromatic heterocycles. The molecule has 1 fully saturated rings. The minimum absolute atomic E-state index is 0.258. The molecule has 1 aromatic rings. The highest BCUT2D eigenvalue weighted by molar-refractivity contribution is 5.32. The predicted octanol–water partition coefficient (Wildman–Crippen LogP) is 3.32. The summed E-state index contributed by atoms with van der Waals surface area (Å²) in [6.45, 7) is 5.00. The standard InChI is InChI=1S/C15H19FN2/c1-2-12-5-7-18(8-6-12)11-14-4-3-13(10-17)9-15(14)16/h3-4,9,12H,2,5-8,11H2,1H3. The van der Waals surface area contributed by atoms with Crippen LogP contribution in [-0.4, -0.2) is 18.0 Å². The maximum atomic E-state index is 13.8. The van der Waals surface area contributed by atoms with Crippen molar-refractivity contribution in [3.05, 3.63) is 35.1 Å². The predicted molar refractivity (Wildman–Crippen MR) is 69.4 cm³/mol. The van der Waals surface area contributed by atoms with Crippen LogP contribution in [-0.2, 0) is 6.54 Å². The van der Waals surface area contributed by atoms with E-state index in [1.54, 1.807) is 12.1 Å². The van der Waals surface area contributed by atoms with Crippen molar-refractivity contribution in [1.29, 1.82) is 5.26 Å². The fourth-order valence-electron chi connectivity index (χ4n) is 2.54. The van der Waals surface area contributed by atoms with Gasteiger partial charge in [-0.25, -0.2) is 4.39 Å². The number of halogens is 1. The van der Waals surface area contributed by atoms with Crippen LogP contribution in [0.15, 0.2) is 18.2 Å². The zero-order valence-electron chi connectivity index (χ0n) is 10.8. The summed E-state index contributed by atoms with van der Waals surface area (Å²) >= 11 is 0. The highest BCUT2D eigenvalue weighted by Crippen LogP contribution is 2.22. The van der Waals surface area contributed by atoms with Gasteiger partial charge in [0.1, 0.15) is 5.82 Å². The zero-order valence-corrected chi connectivity index (χ0v) is 10.8. The number of hydrogen-bond acceptors (Lipinski definition) is 2. The lowest BCUT2D eigenvalue weighted by molar-refractivity contribution is 0.173. The lowest BCUT2D eigenvalue weighted by Crippen LogP contribution is -2.33. The molecule has 0 saturated carbocycles. The van der Waals surface area contributed by atoms with Gasteiger partial charge in [0.25, 0.3) is 0 Å². The van der Waals surface area contributed by atoms with Gasteiger partial charge in [-0.2, -0.15) is 5.26 Å². The Labute approximate surface area is 108 Å². The fourth-order valence-corrected chi connectivity index (χ4v) is 2.54. The maximum Gasteiger partial charge on any atom is 0.129 e. The third kappa shape index (κ3) is 3.08. The van der Waals surface area contributed by atoms with Crippen molar-refractivity contribution in [2.24, 2.45) is 5.92 Å². The van der Waals surface area contributed by atoms with E-state index < -0.39 is 0 Å². The topological polar surface area (TPSA) is 27.0 Å². The van der Waals surface area contributed by atoms with Crippen molar-refractivity contribution in [3.63, 3.8) is 0 Å². The van der Waals surface area contributed by atoms with Crippen LogP contribution in [0.1, 0.15) is 37.3 Å². The van der Waals surface area contributed by atoms with Gasteiger partial charge < -0.3 is 0 Å². The number of rotatable bonds is 3. The molecule has 1 aliphatic rings. The van der Waals surface area contributed by atoms with Crippen LogP contribution in [0.3, 0.4) is 0 Å². The van der Waals surface area contributed by atoms with Crippen LogP contribution < -0.4 is 0 Å². The Morgan fingerprint density at radius 1 is 1.39 bits per heavy atom. The van der Waals surface area contributed by atoms with E-state index in [-0.39, 0.29) is 5.82 Å². The van der Waals surface area contributed by atoms with Crippen LogP contribution in [0.25, 0.3) is 0 Å². The van der Waals surface area contributed by atoms with Crippen molar-refractivity contribution in [3.8, 4) is 6.07 Å². The average molecular weight is 246 g/mol. The van der Waals surface area contributed by atoms with E-state index in [0.717, 1.165) is 19.0 Å². The Bertz CT molecular complexity index is 442. The molecule has 0 unspecified atom stereocenters. The van der Waals surface area contributed by atoms with Crippen LogP contribution >= 0.6 is 0 Å². The summed E-state index contributed by atoms with van der Waals surface area (Å²) < 4.78 is 13.8. The van der Waals surface area contributed by atoms with Gasteiger partial charge in [0.15, 0.2) is 0 Å². The summed E-state index contributed by atoms with van der Waals surface area (Å²) in [7, 11) is 0. The first-order valence-corrected chi connectivity index (χ1v) is 6.63. The molecule has 18 heavy (non-hydrogen) atoms. The third-order valence-corrected chi connectivity index (χ3v) is 3.86. The normalized spacial score (nSPS) is 17.6. The average Bonchev–Trinajstić information content (AvgIpc) is 2.42. The number of hydrogen-bond donors (Lipinski definition) is 0. The second kappa shape index (κ2) is 5.97. The molecule has 0 amide bonds. The Hall–Kier alpha value is -1.40. The first-order valence-electron chi connectivity index (χ1n) is 6.63. The summed E-state index contributed by atoms with van der Waals surface area (Å²) in [5, 5.41) is 8.70. The largest absolute Gasteiger partial charge is 0.299 e. The van der Waals surface area contributed by atoms with Crippen LogP contribution in [0.2, 0.25) is 0 Å². The summed E-state index contributed by atoms with van der Waals surface area (Å²) in [6, 6.07) is 6.71. The summed E-state index contributed by atoms with van der Waals surface area (Å²) in [5.74, 6) is 0.582. The summed E-state index contributed by atoms with van der Waals surface area (Å²) in [6.07, 6.45) is 3.68. The number of likely N-dealkylation sites (tertiary alicyclic amines) is 1. The molecule has 0 aliphatic carbocycles. The second-order valence-corrected chi connectivity index (χ2v) is 5.05.